The van der Waals surface area contributed by atoms with Gasteiger partial charge in [-0.1, -0.05) is 0 Å². The first kappa shape index (κ1) is 19.6. The predicted molar refractivity (Wildman–Crippen MR) is 107 cm³/mol. The molecule has 0 radical (unpaired) electrons. The Labute approximate surface area is 170 Å². The minimum atomic E-state index is -4.44. The van der Waals surface area contributed by atoms with Gasteiger partial charge < -0.3 is 4.74 Å². The van der Waals surface area contributed by atoms with Gasteiger partial charge in [0.05, 0.1) is 5.56 Å². The van der Waals surface area contributed by atoms with Crippen LogP contribution in [0.15, 0.2) is 47.0 Å². The smallest absolute Gasteiger partial charge is 0.417 e. The van der Waals surface area contributed by atoms with Crippen molar-refractivity contribution in [2.75, 3.05) is 0 Å². The van der Waals surface area contributed by atoms with Crippen LogP contribution in [-0.2, 0) is 6.18 Å². The molecule has 0 unspecified atom stereocenters. The van der Waals surface area contributed by atoms with E-state index < -0.39 is 11.7 Å². The third kappa shape index (κ3) is 4.32. The molecule has 0 saturated heterocycles. The molecule has 1 aliphatic rings. The normalized spacial score (nSPS) is 14.9. The van der Waals surface area contributed by atoms with Crippen LogP contribution in [0.3, 0.4) is 0 Å². The molecule has 0 aliphatic heterocycles. The number of alkyl halides is 3. The van der Waals surface area contributed by atoms with Crippen molar-refractivity contribution in [2.24, 2.45) is 10.9 Å². The first-order valence-electron chi connectivity index (χ1n) is 9.12. The summed E-state index contributed by atoms with van der Waals surface area (Å²) < 4.78 is 44.1. The van der Waals surface area contributed by atoms with Gasteiger partial charge in [-0.05, 0) is 56.4 Å². The minimum absolute atomic E-state index is 0.0833. The second kappa shape index (κ2) is 7.59. The molecular formula is C21H18F3N3OS. The molecule has 1 fully saturated rings. The van der Waals surface area contributed by atoms with Gasteiger partial charge >= 0.3 is 6.18 Å². The van der Waals surface area contributed by atoms with Crippen molar-refractivity contribution in [1.82, 2.24) is 9.97 Å². The van der Waals surface area contributed by atoms with E-state index in [0.29, 0.717) is 17.4 Å². The summed E-state index contributed by atoms with van der Waals surface area (Å²) in [6.45, 7) is 3.94. The lowest BCUT2D eigenvalue weighted by atomic mass is 10.1. The topological polar surface area (TPSA) is 47.4 Å². The molecule has 0 amide bonds. The van der Waals surface area contributed by atoms with Gasteiger partial charge in [0.2, 0.25) is 5.88 Å². The summed E-state index contributed by atoms with van der Waals surface area (Å²) >= 11 is 1.53. The predicted octanol–water partition coefficient (Wildman–Crippen LogP) is 6.83. The number of pyridine rings is 1. The molecule has 29 heavy (non-hydrogen) atoms. The number of aromatic nitrogens is 2. The van der Waals surface area contributed by atoms with Crippen LogP contribution in [0.25, 0.3) is 10.6 Å². The van der Waals surface area contributed by atoms with E-state index in [9.17, 15) is 13.2 Å². The van der Waals surface area contributed by atoms with Crippen LogP contribution in [0.2, 0.25) is 0 Å². The summed E-state index contributed by atoms with van der Waals surface area (Å²) in [7, 11) is 0. The van der Waals surface area contributed by atoms with Crippen molar-refractivity contribution >= 4 is 22.7 Å². The fourth-order valence-electron chi connectivity index (χ4n) is 2.97. The van der Waals surface area contributed by atoms with Gasteiger partial charge in [0.15, 0.2) is 5.75 Å². The minimum Gasteiger partial charge on any atom is -0.437 e. The number of hydrogen-bond acceptors (Lipinski definition) is 5. The van der Waals surface area contributed by atoms with E-state index in [4.69, 9.17) is 9.73 Å². The maximum Gasteiger partial charge on any atom is 0.417 e. The third-order valence-corrected chi connectivity index (χ3v) is 5.60. The molecule has 3 aromatic rings. The van der Waals surface area contributed by atoms with Gasteiger partial charge in [-0.2, -0.15) is 13.2 Å². The first-order valence-corrected chi connectivity index (χ1v) is 10.0. The lowest BCUT2D eigenvalue weighted by molar-refractivity contribution is -0.137. The lowest BCUT2D eigenvalue weighted by Crippen LogP contribution is -2.05. The molecule has 4 nitrogen and oxygen atoms in total. The van der Waals surface area contributed by atoms with E-state index in [1.54, 1.807) is 12.3 Å². The summed E-state index contributed by atoms with van der Waals surface area (Å²) in [4.78, 5) is 13.0. The van der Waals surface area contributed by atoms with E-state index >= 15 is 0 Å². The molecule has 0 spiro atoms. The summed E-state index contributed by atoms with van der Waals surface area (Å²) in [5, 5.41) is 2.78. The van der Waals surface area contributed by atoms with E-state index in [1.165, 1.54) is 17.4 Å². The molecule has 0 atom stereocenters. The molecule has 8 heteroatoms. The molecule has 1 aromatic carbocycles. The summed E-state index contributed by atoms with van der Waals surface area (Å²) in [6.07, 6.45) is 0.321. The van der Waals surface area contributed by atoms with Crippen LogP contribution in [0.1, 0.15) is 30.9 Å². The summed E-state index contributed by atoms with van der Waals surface area (Å²) in [5.41, 5.74) is 2.72. The highest BCUT2D eigenvalue weighted by Crippen LogP contribution is 2.42. The molecule has 4 rings (SSSR count). The van der Waals surface area contributed by atoms with Crippen molar-refractivity contribution in [3.8, 4) is 22.2 Å². The Kier molecular flexibility index (Phi) is 5.12. The van der Waals surface area contributed by atoms with Crippen molar-refractivity contribution in [3.05, 3.63) is 53.2 Å². The number of aliphatic imine (C=N–C) groups is 1. The Hall–Kier alpha value is -2.74. The molecule has 2 heterocycles. The molecule has 1 saturated carbocycles. The monoisotopic (exact) mass is 417 g/mol. The maximum absolute atomic E-state index is 12.8. The number of rotatable bonds is 5. The van der Waals surface area contributed by atoms with Crippen LogP contribution in [-0.4, -0.2) is 15.7 Å². The Bertz CT molecular complexity index is 1040. The van der Waals surface area contributed by atoms with E-state index in [1.807, 2.05) is 25.3 Å². The van der Waals surface area contributed by atoms with Gasteiger partial charge in [0, 0.05) is 35.1 Å². The molecule has 1 aliphatic carbocycles. The van der Waals surface area contributed by atoms with E-state index in [0.717, 1.165) is 47.0 Å². The largest absolute Gasteiger partial charge is 0.437 e. The summed E-state index contributed by atoms with van der Waals surface area (Å²) in [6, 6.07) is 5.83. The van der Waals surface area contributed by atoms with Crippen molar-refractivity contribution in [2.45, 2.75) is 32.9 Å². The fourth-order valence-corrected chi connectivity index (χ4v) is 3.69. The number of thiazole rings is 1. The van der Waals surface area contributed by atoms with Gasteiger partial charge in [0.1, 0.15) is 10.7 Å². The molecule has 0 bridgehead atoms. The molecular weight excluding hydrogens is 399 g/mol. The standard InChI is InChI=1S/C21H18F3N3OS/c1-12-16(20-25-9-10-29-20)6-7-17(19(12)27-13(2)14-3-4-14)28-18-8-5-15(11-26-18)21(22,23)24/h5-11,14H,3-4H2,1-2H3/b27-13-. The molecule has 2 aromatic heterocycles. The van der Waals surface area contributed by atoms with Crippen LogP contribution in [0.5, 0.6) is 11.6 Å². The van der Waals surface area contributed by atoms with Crippen LogP contribution >= 0.6 is 11.3 Å². The van der Waals surface area contributed by atoms with Crippen molar-refractivity contribution < 1.29 is 17.9 Å². The van der Waals surface area contributed by atoms with Crippen molar-refractivity contribution in [3.63, 3.8) is 0 Å². The zero-order valence-electron chi connectivity index (χ0n) is 15.8. The second-order valence-electron chi connectivity index (χ2n) is 6.93. The van der Waals surface area contributed by atoms with Gasteiger partial charge in [-0.3, -0.25) is 4.99 Å². The number of nitrogens with zero attached hydrogens (tertiary/aromatic N) is 3. The average Bonchev–Trinajstić information content (AvgIpc) is 3.40. The Balaban J connectivity index is 1.72. The molecule has 0 N–H and O–H groups in total. The van der Waals surface area contributed by atoms with Crippen LogP contribution in [0.4, 0.5) is 18.9 Å². The first-order chi connectivity index (χ1) is 13.8. The van der Waals surface area contributed by atoms with Crippen LogP contribution < -0.4 is 4.74 Å². The van der Waals surface area contributed by atoms with Gasteiger partial charge in [0.25, 0.3) is 0 Å². The van der Waals surface area contributed by atoms with Crippen molar-refractivity contribution in [1.29, 1.82) is 0 Å². The Morgan fingerprint density at radius 2 is 1.97 bits per heavy atom. The number of hydrogen-bond donors (Lipinski definition) is 0. The highest BCUT2D eigenvalue weighted by Gasteiger charge is 2.31. The fraction of sp³-hybridized carbons (Fsp3) is 0.286. The summed E-state index contributed by atoms with van der Waals surface area (Å²) in [5.74, 6) is 1.02. The zero-order chi connectivity index (χ0) is 20.6. The average molecular weight is 417 g/mol. The van der Waals surface area contributed by atoms with Gasteiger partial charge in [-0.15, -0.1) is 11.3 Å². The zero-order valence-corrected chi connectivity index (χ0v) is 16.6. The number of benzene rings is 1. The SMILES string of the molecule is C/C(=N/c1c(Oc2ccc(C(F)(F)F)cn2)ccc(-c2nccs2)c1C)C1CC1. The second-order valence-corrected chi connectivity index (χ2v) is 7.83. The van der Waals surface area contributed by atoms with E-state index in [-0.39, 0.29) is 5.88 Å². The highest BCUT2D eigenvalue weighted by molar-refractivity contribution is 7.13. The number of ether oxygens (including phenoxy) is 1. The quantitative estimate of drug-likeness (QED) is 0.428. The third-order valence-electron chi connectivity index (χ3n) is 4.79. The molecule has 150 valence electrons. The van der Waals surface area contributed by atoms with Gasteiger partial charge in [-0.25, -0.2) is 9.97 Å². The highest BCUT2D eigenvalue weighted by atomic mass is 32.1. The van der Waals surface area contributed by atoms with Crippen LogP contribution in [0, 0.1) is 12.8 Å². The lowest BCUT2D eigenvalue weighted by Gasteiger charge is -2.14. The Morgan fingerprint density at radius 1 is 1.17 bits per heavy atom. The van der Waals surface area contributed by atoms with E-state index in [2.05, 4.69) is 9.97 Å². The Morgan fingerprint density at radius 3 is 2.55 bits per heavy atom. The maximum atomic E-state index is 12.8. The number of halogens is 3.